The third kappa shape index (κ3) is 5.87. The van der Waals surface area contributed by atoms with Gasteiger partial charge in [-0.3, -0.25) is 4.55 Å². The van der Waals surface area contributed by atoms with Crippen LogP contribution in [0.15, 0.2) is 117 Å². The number of halogens is 3. The monoisotopic (exact) mass is 601 g/mol. The van der Waals surface area contributed by atoms with E-state index in [1.165, 1.54) is 24.3 Å². The molecule has 0 spiro atoms. The van der Waals surface area contributed by atoms with Gasteiger partial charge in [0.2, 0.25) is 0 Å². The van der Waals surface area contributed by atoms with Crippen molar-refractivity contribution in [1.29, 1.82) is 0 Å². The van der Waals surface area contributed by atoms with Crippen LogP contribution in [0.1, 0.15) is 5.56 Å². The van der Waals surface area contributed by atoms with Crippen LogP contribution >= 0.6 is 0 Å². The Kier molecular flexibility index (Phi) is 7.43. The van der Waals surface area contributed by atoms with Crippen molar-refractivity contribution in [1.82, 2.24) is 0 Å². The first-order valence-electron chi connectivity index (χ1n) is 11.7. The number of fused-ring (bicyclic) bond motifs is 1. The molecule has 1 aromatic heterocycles. The molecule has 41 heavy (non-hydrogen) atoms. The number of alkyl halides is 3. The molecule has 0 amide bonds. The molecule has 8 nitrogen and oxygen atoms in total. The lowest BCUT2D eigenvalue weighted by atomic mass is 10.1. The van der Waals surface area contributed by atoms with Crippen LogP contribution in [-0.2, 0) is 27.6 Å². The van der Waals surface area contributed by atoms with Crippen molar-refractivity contribution >= 4 is 43.7 Å². The van der Waals surface area contributed by atoms with Crippen molar-refractivity contribution < 1.29 is 39.0 Å². The summed E-state index contributed by atoms with van der Waals surface area (Å²) < 4.78 is 97.7. The van der Waals surface area contributed by atoms with Gasteiger partial charge in [-0.15, -0.1) is 0 Å². The van der Waals surface area contributed by atoms with Crippen molar-refractivity contribution in [3.05, 3.63) is 119 Å². The number of para-hydroxylation sites is 1. The summed E-state index contributed by atoms with van der Waals surface area (Å²) in [5.41, 5.74) is -0.766. The van der Waals surface area contributed by atoms with Crippen molar-refractivity contribution in [2.45, 2.75) is 11.1 Å². The second-order valence-corrected chi connectivity index (χ2v) is 11.0. The zero-order valence-corrected chi connectivity index (χ0v) is 22.2. The smallest absolute Gasteiger partial charge is 0.416 e. The van der Waals surface area contributed by atoms with Gasteiger partial charge < -0.3 is 8.60 Å². The molecule has 210 valence electrons. The highest BCUT2D eigenvalue weighted by molar-refractivity contribution is 7.87. The van der Waals surface area contributed by atoms with Crippen molar-refractivity contribution in [3.63, 3.8) is 0 Å². The van der Waals surface area contributed by atoms with Crippen molar-refractivity contribution in [3.8, 4) is 16.9 Å². The van der Waals surface area contributed by atoms with E-state index in [-0.39, 0.29) is 22.3 Å². The van der Waals surface area contributed by atoms with E-state index < -0.39 is 49.4 Å². The molecule has 13 heteroatoms. The van der Waals surface area contributed by atoms with Crippen LogP contribution in [0.5, 0.6) is 5.75 Å². The van der Waals surface area contributed by atoms with Crippen LogP contribution in [0.2, 0.25) is 0 Å². The van der Waals surface area contributed by atoms with Gasteiger partial charge in [0.1, 0.15) is 10.6 Å². The average Bonchev–Trinajstić information content (AvgIpc) is 2.94. The lowest BCUT2D eigenvalue weighted by Gasteiger charge is -2.19. The molecule has 5 rings (SSSR count). The first-order valence-corrected chi connectivity index (χ1v) is 14.2. The Morgan fingerprint density at radius 3 is 2.07 bits per heavy atom. The minimum atomic E-state index is -4.66. The largest absolute Gasteiger partial charge is 0.417 e. The molecular formula is C28H18F3NO7S2. The Hall–Kier alpha value is -4.46. The summed E-state index contributed by atoms with van der Waals surface area (Å²) in [6, 6.07) is 23.9. The Morgan fingerprint density at radius 1 is 0.829 bits per heavy atom. The molecule has 0 saturated heterocycles. The summed E-state index contributed by atoms with van der Waals surface area (Å²) in [4.78, 5) is 12.4. The van der Waals surface area contributed by atoms with E-state index in [1.54, 1.807) is 24.3 Å². The second kappa shape index (κ2) is 10.8. The number of anilines is 2. The normalized spacial score (nSPS) is 12.7. The summed E-state index contributed by atoms with van der Waals surface area (Å²) in [5.74, 6) is -0.407. The first-order chi connectivity index (χ1) is 19.4. The molecule has 1 N–H and O–H groups in total. The summed E-state index contributed by atoms with van der Waals surface area (Å²) in [5, 5.41) is 0.149. The predicted octanol–water partition coefficient (Wildman–Crippen LogP) is 6.52. The maximum absolute atomic E-state index is 13.0. The fraction of sp³-hybridized carbons (Fsp3) is 0.0357. The minimum absolute atomic E-state index is 0.149. The van der Waals surface area contributed by atoms with E-state index in [0.29, 0.717) is 12.1 Å². The van der Waals surface area contributed by atoms with Gasteiger partial charge in [0.25, 0.3) is 11.3 Å². The Morgan fingerprint density at radius 2 is 1.46 bits per heavy atom. The maximum atomic E-state index is 13.0. The third-order valence-electron chi connectivity index (χ3n) is 5.96. The van der Waals surface area contributed by atoms with Crippen LogP contribution in [0.4, 0.5) is 24.5 Å². The molecule has 0 radical (unpaired) electrons. The molecule has 0 bridgehead atoms. The molecule has 0 aliphatic carbocycles. The maximum Gasteiger partial charge on any atom is 0.416 e. The van der Waals surface area contributed by atoms with E-state index in [1.807, 2.05) is 30.3 Å². The molecule has 5 aromatic rings. The zero-order valence-electron chi connectivity index (χ0n) is 20.6. The van der Waals surface area contributed by atoms with Gasteiger partial charge in [-0.2, -0.15) is 21.6 Å². The molecule has 0 aliphatic heterocycles. The number of benzene rings is 4. The fourth-order valence-electron chi connectivity index (χ4n) is 4.02. The topological polar surface area (TPSA) is 114 Å². The second-order valence-electron chi connectivity index (χ2n) is 8.59. The molecule has 4 aromatic carbocycles. The van der Waals surface area contributed by atoms with Crippen LogP contribution in [-0.4, -0.2) is 17.2 Å². The highest BCUT2D eigenvalue weighted by atomic mass is 32.2. The van der Waals surface area contributed by atoms with Crippen molar-refractivity contribution in [2.75, 3.05) is 4.31 Å². The zero-order chi connectivity index (χ0) is 29.4. The van der Waals surface area contributed by atoms with Gasteiger partial charge in [-0.1, -0.05) is 54.6 Å². The van der Waals surface area contributed by atoms with Gasteiger partial charge in [0.05, 0.1) is 11.3 Å². The van der Waals surface area contributed by atoms with E-state index in [4.69, 9.17) is 8.60 Å². The molecule has 1 unspecified atom stereocenters. The van der Waals surface area contributed by atoms with Gasteiger partial charge in [-0.05, 0) is 59.7 Å². The fourth-order valence-corrected chi connectivity index (χ4v) is 5.56. The first kappa shape index (κ1) is 28.1. The Labute approximate surface area is 233 Å². The summed E-state index contributed by atoms with van der Waals surface area (Å²) in [7, 11) is -4.62. The highest BCUT2D eigenvalue weighted by Gasteiger charge is 2.31. The van der Waals surface area contributed by atoms with Crippen LogP contribution in [0.25, 0.3) is 22.1 Å². The standard InChI is InChI=1S/C28H18F3NO7S2/c29-28(30,31)21-11-15-23(16-12-21)41(36,37)39-25-8-4-7-20-17-24(27(33)38-26(20)25)32(40(34)35)22-13-9-19(10-14-22)18-5-2-1-3-6-18/h1-17H,(H,34,35). The number of hydrogen-bond donors (Lipinski definition) is 1. The molecule has 0 fully saturated rings. The molecule has 0 aliphatic rings. The third-order valence-corrected chi connectivity index (χ3v) is 7.93. The minimum Gasteiger partial charge on any atom is -0.417 e. The molecule has 0 saturated carbocycles. The van der Waals surface area contributed by atoms with Crippen molar-refractivity contribution in [2.24, 2.45) is 0 Å². The molecular weight excluding hydrogens is 583 g/mol. The number of rotatable bonds is 7. The summed E-state index contributed by atoms with van der Waals surface area (Å²) >= 11 is -2.70. The molecule has 1 heterocycles. The van der Waals surface area contributed by atoms with E-state index in [2.05, 4.69) is 0 Å². The van der Waals surface area contributed by atoms with Crippen LogP contribution < -0.4 is 14.1 Å². The van der Waals surface area contributed by atoms with Gasteiger partial charge in [-0.25, -0.2) is 13.3 Å². The quantitative estimate of drug-likeness (QED) is 0.128. The van der Waals surface area contributed by atoms with Gasteiger partial charge in [0, 0.05) is 5.39 Å². The van der Waals surface area contributed by atoms with E-state index in [9.17, 15) is 35.1 Å². The Bertz CT molecular complexity index is 1910. The van der Waals surface area contributed by atoms with E-state index in [0.717, 1.165) is 27.6 Å². The SMILES string of the molecule is O=c1oc2c(OS(=O)(=O)c3ccc(C(F)(F)F)cc3)cccc2cc1N(c1ccc(-c2ccccc2)cc1)S(=O)O. The Balaban J connectivity index is 1.49. The van der Waals surface area contributed by atoms with Gasteiger partial charge >= 0.3 is 21.9 Å². The predicted molar refractivity (Wildman–Crippen MR) is 147 cm³/mol. The van der Waals surface area contributed by atoms with E-state index >= 15 is 0 Å². The molecule has 1 atom stereocenters. The number of hydrogen-bond acceptors (Lipinski definition) is 6. The van der Waals surface area contributed by atoms with Crippen LogP contribution in [0, 0.1) is 0 Å². The highest BCUT2D eigenvalue weighted by Crippen LogP contribution is 2.34. The number of nitrogens with zero attached hydrogens (tertiary/aromatic N) is 1. The lowest BCUT2D eigenvalue weighted by Crippen LogP contribution is -2.24. The summed E-state index contributed by atoms with van der Waals surface area (Å²) in [6.07, 6.45) is -4.66. The van der Waals surface area contributed by atoms with Gasteiger partial charge in [0.15, 0.2) is 11.3 Å². The summed E-state index contributed by atoms with van der Waals surface area (Å²) in [6.45, 7) is 0. The average molecular weight is 602 g/mol. The van der Waals surface area contributed by atoms with Crippen LogP contribution in [0.3, 0.4) is 0 Å². The lowest BCUT2D eigenvalue weighted by molar-refractivity contribution is -0.137.